The highest BCUT2D eigenvalue weighted by atomic mass is 35.5. The van der Waals surface area contributed by atoms with Crippen LogP contribution in [0.5, 0.6) is 0 Å². The lowest BCUT2D eigenvalue weighted by Crippen LogP contribution is -2.38. The van der Waals surface area contributed by atoms with E-state index in [1.807, 2.05) is 0 Å². The molecular weight excluding hydrogens is 290 g/mol. The van der Waals surface area contributed by atoms with Gasteiger partial charge < -0.3 is 4.90 Å². The third-order valence-electron chi connectivity index (χ3n) is 2.88. The number of carbonyl (C=O) groups excluding carboxylic acids is 1. The van der Waals surface area contributed by atoms with Gasteiger partial charge in [0.15, 0.2) is 0 Å². The predicted molar refractivity (Wildman–Crippen MR) is 70.2 cm³/mol. The quantitative estimate of drug-likeness (QED) is 0.828. The summed E-state index contributed by atoms with van der Waals surface area (Å²) >= 11 is 5.64. The molecular formula is C11H14ClN3O3S. The van der Waals surface area contributed by atoms with E-state index in [1.54, 1.807) is 4.90 Å². The van der Waals surface area contributed by atoms with Gasteiger partial charge in [-0.05, 0) is 25.0 Å². The van der Waals surface area contributed by atoms with Gasteiger partial charge in [0.1, 0.15) is 5.15 Å². The molecule has 6 nitrogen and oxygen atoms in total. The Hall–Kier alpha value is -1.18. The van der Waals surface area contributed by atoms with E-state index in [1.165, 1.54) is 18.3 Å². The van der Waals surface area contributed by atoms with Crippen molar-refractivity contribution in [2.75, 3.05) is 19.6 Å². The first-order valence-electron chi connectivity index (χ1n) is 5.88. The highest BCUT2D eigenvalue weighted by Gasteiger charge is 2.21. The third-order valence-corrected chi connectivity index (χ3v) is 4.49. The molecule has 0 radical (unpaired) electrons. The first-order chi connectivity index (χ1) is 8.99. The molecule has 1 fully saturated rings. The van der Waals surface area contributed by atoms with Gasteiger partial charge in [-0.2, -0.15) is 0 Å². The van der Waals surface area contributed by atoms with Crippen LogP contribution in [0.25, 0.3) is 0 Å². The van der Waals surface area contributed by atoms with Crippen molar-refractivity contribution in [1.29, 1.82) is 0 Å². The highest BCUT2D eigenvalue weighted by molar-refractivity contribution is 7.89. The number of likely N-dealkylation sites (tertiary alicyclic amines) is 1. The molecule has 0 aliphatic carbocycles. The molecule has 1 aromatic heterocycles. The molecule has 2 heterocycles. The number of aromatic nitrogens is 1. The zero-order chi connectivity index (χ0) is 13.9. The number of pyridine rings is 1. The minimum absolute atomic E-state index is 0.00159. The van der Waals surface area contributed by atoms with E-state index in [9.17, 15) is 13.2 Å². The molecule has 0 saturated carbocycles. The highest BCUT2D eigenvalue weighted by Crippen LogP contribution is 2.12. The van der Waals surface area contributed by atoms with Crippen LogP contribution < -0.4 is 4.72 Å². The van der Waals surface area contributed by atoms with Gasteiger partial charge in [-0.1, -0.05) is 11.6 Å². The van der Waals surface area contributed by atoms with E-state index in [0.29, 0.717) is 13.1 Å². The second kappa shape index (κ2) is 5.85. The van der Waals surface area contributed by atoms with Gasteiger partial charge in [0.2, 0.25) is 15.9 Å². The van der Waals surface area contributed by atoms with Crippen LogP contribution in [0.2, 0.25) is 5.15 Å². The van der Waals surface area contributed by atoms with Crippen molar-refractivity contribution in [3.63, 3.8) is 0 Å². The maximum Gasteiger partial charge on any atom is 0.241 e. The zero-order valence-corrected chi connectivity index (χ0v) is 11.7. The minimum atomic E-state index is -3.73. The van der Waals surface area contributed by atoms with Crippen LogP contribution >= 0.6 is 11.6 Å². The monoisotopic (exact) mass is 303 g/mol. The molecule has 1 aliphatic rings. The Morgan fingerprint density at radius 1 is 1.42 bits per heavy atom. The maximum absolute atomic E-state index is 11.9. The van der Waals surface area contributed by atoms with Crippen molar-refractivity contribution in [2.45, 2.75) is 17.7 Å². The number of nitrogens with one attached hydrogen (secondary N) is 1. The van der Waals surface area contributed by atoms with Crippen LogP contribution in [-0.4, -0.2) is 43.8 Å². The van der Waals surface area contributed by atoms with Crippen LogP contribution in [-0.2, 0) is 14.8 Å². The van der Waals surface area contributed by atoms with Crippen molar-refractivity contribution in [3.05, 3.63) is 23.5 Å². The molecule has 0 spiro atoms. The second-order valence-electron chi connectivity index (χ2n) is 4.23. The number of rotatable bonds is 4. The largest absolute Gasteiger partial charge is 0.342 e. The van der Waals surface area contributed by atoms with Gasteiger partial charge in [-0.25, -0.2) is 18.1 Å². The summed E-state index contributed by atoms with van der Waals surface area (Å²) in [5, 5.41) is 0.0914. The van der Waals surface area contributed by atoms with E-state index in [0.717, 1.165) is 12.8 Å². The SMILES string of the molecule is O=C(CNS(=O)(=O)c1ccnc(Cl)c1)N1CCCC1. The lowest BCUT2D eigenvalue weighted by molar-refractivity contribution is -0.128. The molecule has 0 atom stereocenters. The van der Waals surface area contributed by atoms with E-state index in [2.05, 4.69) is 9.71 Å². The van der Waals surface area contributed by atoms with Crippen molar-refractivity contribution >= 4 is 27.5 Å². The standard InChI is InChI=1S/C11H14ClN3O3S/c12-10-7-9(3-4-13-10)19(17,18)14-8-11(16)15-5-1-2-6-15/h3-4,7,14H,1-2,5-6,8H2. The molecule has 1 aliphatic heterocycles. The minimum Gasteiger partial charge on any atom is -0.342 e. The van der Waals surface area contributed by atoms with Gasteiger partial charge in [-0.3, -0.25) is 4.79 Å². The summed E-state index contributed by atoms with van der Waals surface area (Å²) in [6.07, 6.45) is 3.25. The average molecular weight is 304 g/mol. The predicted octanol–water partition coefficient (Wildman–Crippen LogP) is 0.636. The Balaban J connectivity index is 1.99. The lowest BCUT2D eigenvalue weighted by atomic mass is 10.4. The summed E-state index contributed by atoms with van der Waals surface area (Å²) in [6.45, 7) is 1.16. The summed E-state index contributed by atoms with van der Waals surface area (Å²) < 4.78 is 26.1. The van der Waals surface area contributed by atoms with Gasteiger partial charge in [0.25, 0.3) is 0 Å². The molecule has 19 heavy (non-hydrogen) atoms. The van der Waals surface area contributed by atoms with Crippen LogP contribution in [0.1, 0.15) is 12.8 Å². The van der Waals surface area contributed by atoms with Gasteiger partial charge in [-0.15, -0.1) is 0 Å². The van der Waals surface area contributed by atoms with Gasteiger partial charge >= 0.3 is 0 Å². The number of carbonyl (C=O) groups is 1. The molecule has 8 heteroatoms. The summed E-state index contributed by atoms with van der Waals surface area (Å²) in [5.74, 6) is -0.207. The molecule has 1 N–H and O–H groups in total. The molecule has 1 amide bonds. The maximum atomic E-state index is 11.9. The zero-order valence-electron chi connectivity index (χ0n) is 10.2. The first kappa shape index (κ1) is 14.2. The average Bonchev–Trinajstić information content (AvgIpc) is 2.90. The fourth-order valence-corrected chi connectivity index (χ4v) is 3.10. The molecule has 0 bridgehead atoms. The van der Waals surface area contributed by atoms with E-state index < -0.39 is 10.0 Å². The van der Waals surface area contributed by atoms with Gasteiger partial charge in [0, 0.05) is 19.3 Å². The summed E-state index contributed by atoms with van der Waals surface area (Å²) in [7, 11) is -3.73. The second-order valence-corrected chi connectivity index (χ2v) is 6.38. The van der Waals surface area contributed by atoms with Gasteiger partial charge in [0.05, 0.1) is 11.4 Å². The fourth-order valence-electron chi connectivity index (χ4n) is 1.87. The molecule has 0 aromatic carbocycles. The first-order valence-corrected chi connectivity index (χ1v) is 7.74. The van der Waals surface area contributed by atoms with Crippen LogP contribution in [0.4, 0.5) is 0 Å². The van der Waals surface area contributed by atoms with Crippen molar-refractivity contribution in [2.24, 2.45) is 0 Å². The van der Waals surface area contributed by atoms with Crippen molar-refractivity contribution < 1.29 is 13.2 Å². The smallest absolute Gasteiger partial charge is 0.241 e. The van der Waals surface area contributed by atoms with E-state index in [-0.39, 0.29) is 22.5 Å². The third kappa shape index (κ3) is 3.65. The number of hydrogen-bond acceptors (Lipinski definition) is 4. The number of halogens is 1. The topological polar surface area (TPSA) is 79.4 Å². The molecule has 0 unspecified atom stereocenters. The number of nitrogens with zero attached hydrogens (tertiary/aromatic N) is 2. The fraction of sp³-hybridized carbons (Fsp3) is 0.455. The number of amides is 1. The van der Waals surface area contributed by atoms with E-state index >= 15 is 0 Å². The summed E-state index contributed by atoms with van der Waals surface area (Å²) in [5.41, 5.74) is 0. The number of hydrogen-bond donors (Lipinski definition) is 1. The van der Waals surface area contributed by atoms with Crippen LogP contribution in [0, 0.1) is 0 Å². The van der Waals surface area contributed by atoms with Crippen molar-refractivity contribution in [3.8, 4) is 0 Å². The molecule has 1 saturated heterocycles. The summed E-state index contributed by atoms with van der Waals surface area (Å²) in [6, 6.07) is 2.57. The Labute approximate surface area is 116 Å². The lowest BCUT2D eigenvalue weighted by Gasteiger charge is -2.15. The Bertz CT molecular complexity index is 570. The number of sulfonamides is 1. The Kier molecular flexibility index (Phi) is 4.38. The molecule has 104 valence electrons. The van der Waals surface area contributed by atoms with Crippen LogP contribution in [0.15, 0.2) is 23.2 Å². The molecule has 1 aromatic rings. The Morgan fingerprint density at radius 2 is 2.11 bits per heavy atom. The van der Waals surface area contributed by atoms with Crippen molar-refractivity contribution in [1.82, 2.24) is 14.6 Å². The van der Waals surface area contributed by atoms with Crippen LogP contribution in [0.3, 0.4) is 0 Å². The summed E-state index contributed by atoms with van der Waals surface area (Å²) in [4.78, 5) is 17.1. The molecule has 2 rings (SSSR count). The Morgan fingerprint density at radius 3 is 2.74 bits per heavy atom. The van der Waals surface area contributed by atoms with E-state index in [4.69, 9.17) is 11.6 Å². The normalized spacial score (nSPS) is 15.7.